The predicted octanol–water partition coefficient (Wildman–Crippen LogP) is 4.45. The monoisotopic (exact) mass is 375 g/mol. The van der Waals surface area contributed by atoms with Crippen molar-refractivity contribution in [2.45, 2.75) is 32.1 Å². The van der Waals surface area contributed by atoms with Crippen molar-refractivity contribution in [3.05, 3.63) is 59.2 Å². The number of hydrogen-bond acceptors (Lipinski definition) is 3. The molecule has 4 heteroatoms. The Labute approximate surface area is 163 Å². The van der Waals surface area contributed by atoms with Crippen LogP contribution in [0.25, 0.3) is 0 Å². The molecule has 2 aromatic rings. The highest BCUT2D eigenvalue weighted by Crippen LogP contribution is 2.26. The van der Waals surface area contributed by atoms with E-state index in [9.17, 15) is 0 Å². The third-order valence-electron chi connectivity index (χ3n) is 4.96. The number of ether oxygens (including phenoxy) is 2. The van der Waals surface area contributed by atoms with Gasteiger partial charge in [-0.25, -0.2) is 0 Å². The standard InChI is InChI=1S/C22H29NO2.ClH/c1-23-15-18(12-17-6-5-9-21(13-17)24-2)16-25-22-11-10-19-7-3-4-8-20(19)14-22;/h5-6,9-11,13-14,18,23H,3-4,7-8,12,15-16H2,1-2H3;1H. The van der Waals surface area contributed by atoms with Gasteiger partial charge in [-0.1, -0.05) is 18.2 Å². The van der Waals surface area contributed by atoms with Crippen LogP contribution in [-0.2, 0) is 19.3 Å². The maximum atomic E-state index is 6.14. The average molecular weight is 376 g/mol. The van der Waals surface area contributed by atoms with Gasteiger partial charge in [0, 0.05) is 12.5 Å². The minimum absolute atomic E-state index is 0. The summed E-state index contributed by atoms with van der Waals surface area (Å²) in [5.74, 6) is 2.34. The number of rotatable bonds is 8. The molecule has 1 unspecified atom stereocenters. The maximum Gasteiger partial charge on any atom is 0.119 e. The van der Waals surface area contributed by atoms with Crippen LogP contribution in [0, 0.1) is 5.92 Å². The van der Waals surface area contributed by atoms with E-state index in [1.54, 1.807) is 7.11 Å². The van der Waals surface area contributed by atoms with E-state index in [1.165, 1.54) is 42.4 Å². The highest BCUT2D eigenvalue weighted by molar-refractivity contribution is 5.85. The smallest absolute Gasteiger partial charge is 0.119 e. The molecule has 0 saturated carbocycles. The largest absolute Gasteiger partial charge is 0.497 e. The fraction of sp³-hybridized carbons (Fsp3) is 0.455. The molecule has 1 aliphatic rings. The van der Waals surface area contributed by atoms with Gasteiger partial charge < -0.3 is 14.8 Å². The lowest BCUT2D eigenvalue weighted by Gasteiger charge is -2.20. The second kappa shape index (κ2) is 10.4. The van der Waals surface area contributed by atoms with Gasteiger partial charge in [0.1, 0.15) is 11.5 Å². The minimum Gasteiger partial charge on any atom is -0.497 e. The molecule has 0 heterocycles. The molecule has 0 fully saturated rings. The van der Waals surface area contributed by atoms with Crippen molar-refractivity contribution in [3.63, 3.8) is 0 Å². The summed E-state index contributed by atoms with van der Waals surface area (Å²) in [4.78, 5) is 0. The number of methoxy groups -OCH3 is 1. The summed E-state index contributed by atoms with van der Waals surface area (Å²) in [6.45, 7) is 1.65. The van der Waals surface area contributed by atoms with Crippen LogP contribution in [0.1, 0.15) is 29.5 Å². The lowest BCUT2D eigenvalue weighted by atomic mass is 9.92. The number of halogens is 1. The number of aryl methyl sites for hydroxylation is 2. The Morgan fingerprint density at radius 1 is 1.00 bits per heavy atom. The molecule has 0 amide bonds. The Kier molecular flexibility index (Phi) is 8.27. The molecule has 0 aromatic heterocycles. The van der Waals surface area contributed by atoms with Gasteiger partial charge in [-0.15, -0.1) is 12.4 Å². The third kappa shape index (κ3) is 5.65. The molecule has 0 radical (unpaired) electrons. The predicted molar refractivity (Wildman–Crippen MR) is 110 cm³/mol. The summed E-state index contributed by atoms with van der Waals surface area (Å²) in [5, 5.41) is 3.29. The molecule has 0 bridgehead atoms. The Balaban J connectivity index is 0.00000243. The third-order valence-corrected chi connectivity index (χ3v) is 4.96. The number of benzene rings is 2. The molecule has 2 aromatic carbocycles. The topological polar surface area (TPSA) is 30.5 Å². The quantitative estimate of drug-likeness (QED) is 0.739. The second-order valence-electron chi connectivity index (χ2n) is 6.93. The van der Waals surface area contributed by atoms with Crippen molar-refractivity contribution < 1.29 is 9.47 Å². The van der Waals surface area contributed by atoms with Crippen molar-refractivity contribution in [1.82, 2.24) is 5.32 Å². The van der Waals surface area contributed by atoms with Crippen LogP contribution in [-0.4, -0.2) is 27.3 Å². The van der Waals surface area contributed by atoms with E-state index in [4.69, 9.17) is 9.47 Å². The van der Waals surface area contributed by atoms with Crippen LogP contribution in [0.4, 0.5) is 0 Å². The zero-order valence-corrected chi connectivity index (χ0v) is 16.6. The SMILES string of the molecule is CNCC(COc1ccc2c(c1)CCCC2)Cc1cccc(OC)c1.Cl. The maximum absolute atomic E-state index is 6.14. The molecule has 142 valence electrons. The van der Waals surface area contributed by atoms with E-state index in [-0.39, 0.29) is 12.4 Å². The van der Waals surface area contributed by atoms with Gasteiger partial charge in [0.05, 0.1) is 13.7 Å². The Bertz CT molecular complexity index is 690. The van der Waals surface area contributed by atoms with E-state index < -0.39 is 0 Å². The molecule has 0 aliphatic heterocycles. The summed E-state index contributed by atoms with van der Waals surface area (Å²) in [7, 11) is 3.71. The van der Waals surface area contributed by atoms with Crippen LogP contribution in [0.2, 0.25) is 0 Å². The van der Waals surface area contributed by atoms with Crippen LogP contribution in [0.3, 0.4) is 0 Å². The van der Waals surface area contributed by atoms with Gasteiger partial charge in [0.25, 0.3) is 0 Å². The lowest BCUT2D eigenvalue weighted by molar-refractivity contribution is 0.245. The van der Waals surface area contributed by atoms with Crippen LogP contribution in [0.5, 0.6) is 11.5 Å². The Hall–Kier alpha value is -1.71. The zero-order valence-electron chi connectivity index (χ0n) is 15.8. The Morgan fingerprint density at radius 3 is 2.58 bits per heavy atom. The van der Waals surface area contributed by atoms with Gasteiger partial charge in [-0.2, -0.15) is 0 Å². The molecule has 1 atom stereocenters. The summed E-state index contributed by atoms with van der Waals surface area (Å²) < 4.78 is 11.5. The molecule has 0 saturated heterocycles. The van der Waals surface area contributed by atoms with Gasteiger partial charge in [0.15, 0.2) is 0 Å². The first-order chi connectivity index (χ1) is 12.3. The molecule has 3 nitrogen and oxygen atoms in total. The highest BCUT2D eigenvalue weighted by Gasteiger charge is 2.13. The van der Waals surface area contributed by atoms with Gasteiger partial charge in [0.2, 0.25) is 0 Å². The van der Waals surface area contributed by atoms with Gasteiger partial charge >= 0.3 is 0 Å². The fourth-order valence-electron chi connectivity index (χ4n) is 3.63. The van der Waals surface area contributed by atoms with Gasteiger partial charge in [-0.05, 0) is 80.1 Å². The van der Waals surface area contributed by atoms with Crippen molar-refractivity contribution >= 4 is 12.4 Å². The summed E-state index contributed by atoms with van der Waals surface area (Å²) in [6.07, 6.45) is 6.00. The van der Waals surface area contributed by atoms with Crippen molar-refractivity contribution in [2.24, 2.45) is 5.92 Å². The average Bonchev–Trinajstić information content (AvgIpc) is 2.66. The van der Waals surface area contributed by atoms with E-state index in [2.05, 4.69) is 41.7 Å². The van der Waals surface area contributed by atoms with E-state index in [0.717, 1.165) is 31.1 Å². The molecule has 3 rings (SSSR count). The molecule has 0 spiro atoms. The first-order valence-electron chi connectivity index (χ1n) is 9.30. The Morgan fingerprint density at radius 2 is 1.81 bits per heavy atom. The van der Waals surface area contributed by atoms with E-state index >= 15 is 0 Å². The van der Waals surface area contributed by atoms with Crippen LogP contribution in [0.15, 0.2) is 42.5 Å². The van der Waals surface area contributed by atoms with Crippen LogP contribution >= 0.6 is 12.4 Å². The highest BCUT2D eigenvalue weighted by atomic mass is 35.5. The van der Waals surface area contributed by atoms with Crippen molar-refractivity contribution in [2.75, 3.05) is 27.3 Å². The summed E-state index contributed by atoms with van der Waals surface area (Å²) >= 11 is 0. The lowest BCUT2D eigenvalue weighted by Crippen LogP contribution is -2.26. The summed E-state index contributed by atoms with van der Waals surface area (Å²) in [5.41, 5.74) is 4.26. The number of nitrogens with one attached hydrogen (secondary N) is 1. The van der Waals surface area contributed by atoms with Crippen LogP contribution < -0.4 is 14.8 Å². The fourth-order valence-corrected chi connectivity index (χ4v) is 3.63. The molecule has 1 N–H and O–H groups in total. The molecule has 26 heavy (non-hydrogen) atoms. The first-order valence-corrected chi connectivity index (χ1v) is 9.30. The van der Waals surface area contributed by atoms with E-state index in [0.29, 0.717) is 5.92 Å². The summed E-state index contributed by atoms with van der Waals surface area (Å²) in [6, 6.07) is 14.9. The van der Waals surface area contributed by atoms with Crippen molar-refractivity contribution in [1.29, 1.82) is 0 Å². The number of hydrogen-bond donors (Lipinski definition) is 1. The zero-order chi connectivity index (χ0) is 17.5. The molecular formula is C22H30ClNO2. The normalized spacial score (nSPS) is 14.1. The van der Waals surface area contributed by atoms with Gasteiger partial charge in [-0.3, -0.25) is 0 Å². The number of fused-ring (bicyclic) bond motifs is 1. The first kappa shape index (κ1) is 20.6. The molecule has 1 aliphatic carbocycles. The molecular weight excluding hydrogens is 346 g/mol. The van der Waals surface area contributed by atoms with Crippen molar-refractivity contribution in [3.8, 4) is 11.5 Å². The minimum atomic E-state index is 0. The second-order valence-corrected chi connectivity index (χ2v) is 6.93. The van der Waals surface area contributed by atoms with E-state index in [1.807, 2.05) is 13.1 Å².